The number of hydrogen-bond acceptors (Lipinski definition) is 3. The Bertz CT molecular complexity index is 426. The number of nitriles is 1. The highest BCUT2D eigenvalue weighted by molar-refractivity contribution is 9.10. The molecule has 0 aliphatic heterocycles. The maximum atomic E-state index is 11.7. The van der Waals surface area contributed by atoms with Gasteiger partial charge >= 0.3 is 5.97 Å². The fourth-order valence-corrected chi connectivity index (χ4v) is 1.37. The van der Waals surface area contributed by atoms with Gasteiger partial charge in [-0.15, -0.1) is 0 Å². The highest BCUT2D eigenvalue weighted by Gasteiger charge is 2.16. The molecule has 0 radical (unpaired) electrons. The molecule has 14 heavy (non-hydrogen) atoms. The standard InChI is InChI=1S/C9H5BrFNO2/c1-5-7(4-12)6(9(13)14-11)2-3-8(5)10/h2-3H,1H3. The van der Waals surface area contributed by atoms with Crippen LogP contribution in [0.25, 0.3) is 0 Å². The summed E-state index contributed by atoms with van der Waals surface area (Å²) in [4.78, 5) is 14.0. The molecule has 5 heteroatoms. The number of hydrogen-bond donors (Lipinski definition) is 0. The van der Waals surface area contributed by atoms with E-state index < -0.39 is 5.97 Å². The number of nitrogens with zero attached hydrogens (tertiary/aromatic N) is 1. The average Bonchev–Trinajstić information content (AvgIpc) is 2.20. The van der Waals surface area contributed by atoms with Crippen molar-refractivity contribution in [3.63, 3.8) is 0 Å². The lowest BCUT2D eigenvalue weighted by atomic mass is 10.0. The van der Waals surface area contributed by atoms with Crippen molar-refractivity contribution in [2.45, 2.75) is 6.92 Å². The molecule has 1 aromatic carbocycles. The Hall–Kier alpha value is -1.41. The van der Waals surface area contributed by atoms with E-state index in [0.717, 1.165) is 0 Å². The summed E-state index contributed by atoms with van der Waals surface area (Å²) in [7, 11) is 0. The van der Waals surface area contributed by atoms with Gasteiger partial charge in [-0.25, -0.2) is 9.74 Å². The van der Waals surface area contributed by atoms with Crippen molar-refractivity contribution < 1.29 is 14.3 Å². The van der Waals surface area contributed by atoms with Gasteiger partial charge in [0.2, 0.25) is 0 Å². The van der Waals surface area contributed by atoms with Gasteiger partial charge in [0.05, 0.1) is 11.1 Å². The van der Waals surface area contributed by atoms with E-state index in [-0.39, 0.29) is 11.1 Å². The second-order valence-corrected chi connectivity index (χ2v) is 3.43. The van der Waals surface area contributed by atoms with E-state index in [2.05, 4.69) is 20.9 Å². The third-order valence-corrected chi connectivity index (χ3v) is 2.66. The fraction of sp³-hybridized carbons (Fsp3) is 0.111. The Morgan fingerprint density at radius 1 is 1.64 bits per heavy atom. The number of halogens is 2. The van der Waals surface area contributed by atoms with Crippen molar-refractivity contribution in [3.05, 3.63) is 33.3 Å². The molecule has 3 nitrogen and oxygen atoms in total. The molecule has 0 atom stereocenters. The Balaban J connectivity index is 3.40. The molecule has 0 saturated heterocycles. The molecule has 0 aromatic heterocycles. The fourth-order valence-electron chi connectivity index (χ4n) is 1.04. The van der Waals surface area contributed by atoms with Crippen LogP contribution in [0.5, 0.6) is 0 Å². The van der Waals surface area contributed by atoms with E-state index in [1.165, 1.54) is 6.07 Å². The molecule has 72 valence electrons. The summed E-state index contributed by atoms with van der Waals surface area (Å²) >= 11 is 3.20. The predicted octanol–water partition coefficient (Wildman–Crippen LogP) is 2.67. The largest absolute Gasteiger partial charge is 0.380 e. The first-order valence-corrected chi connectivity index (χ1v) is 4.43. The molecule has 0 bridgehead atoms. The van der Waals surface area contributed by atoms with E-state index in [1.807, 2.05) is 6.07 Å². The third-order valence-electron chi connectivity index (χ3n) is 1.80. The summed E-state index contributed by atoms with van der Waals surface area (Å²) in [5.74, 6) is -1.16. The minimum absolute atomic E-state index is 0.0734. The van der Waals surface area contributed by atoms with Crippen LogP contribution in [0.2, 0.25) is 0 Å². The van der Waals surface area contributed by atoms with Gasteiger partial charge in [-0.3, -0.25) is 0 Å². The second kappa shape index (κ2) is 4.20. The van der Waals surface area contributed by atoms with Crippen molar-refractivity contribution in [2.75, 3.05) is 0 Å². The lowest BCUT2D eigenvalue weighted by molar-refractivity contribution is -0.0788. The van der Waals surface area contributed by atoms with E-state index in [0.29, 0.717) is 10.0 Å². The van der Waals surface area contributed by atoms with Crippen molar-refractivity contribution in [3.8, 4) is 6.07 Å². The zero-order chi connectivity index (χ0) is 10.7. The molecule has 0 fully saturated rings. The molecule has 0 unspecified atom stereocenters. The smallest absolute Gasteiger partial charge is 0.249 e. The number of benzene rings is 1. The van der Waals surface area contributed by atoms with Crippen molar-refractivity contribution >= 4 is 21.9 Å². The highest BCUT2D eigenvalue weighted by Crippen LogP contribution is 2.23. The van der Waals surface area contributed by atoms with E-state index in [1.54, 1.807) is 13.0 Å². The summed E-state index contributed by atoms with van der Waals surface area (Å²) in [6, 6.07) is 4.71. The van der Waals surface area contributed by atoms with Gasteiger partial charge in [-0.2, -0.15) is 5.26 Å². The van der Waals surface area contributed by atoms with E-state index in [4.69, 9.17) is 5.26 Å². The van der Waals surface area contributed by atoms with Gasteiger partial charge in [0.15, 0.2) is 0 Å². The molecular formula is C9H5BrFNO2. The van der Waals surface area contributed by atoms with Crippen LogP contribution in [0.1, 0.15) is 21.5 Å². The number of carbonyl (C=O) groups is 1. The van der Waals surface area contributed by atoms with Crippen molar-refractivity contribution in [2.24, 2.45) is 0 Å². The molecule has 0 heterocycles. The predicted molar refractivity (Wildman–Crippen MR) is 50.1 cm³/mol. The molecule has 0 N–H and O–H groups in total. The lowest BCUT2D eigenvalue weighted by Crippen LogP contribution is -2.03. The van der Waals surface area contributed by atoms with Gasteiger partial charge in [0.1, 0.15) is 6.07 Å². The zero-order valence-corrected chi connectivity index (χ0v) is 8.76. The molecule has 0 aliphatic rings. The molecule has 1 rings (SSSR count). The maximum absolute atomic E-state index is 11.7. The average molecular weight is 258 g/mol. The van der Waals surface area contributed by atoms with Gasteiger partial charge in [0.25, 0.3) is 0 Å². The molecular weight excluding hydrogens is 253 g/mol. The van der Waals surface area contributed by atoms with Crippen LogP contribution in [-0.4, -0.2) is 5.97 Å². The van der Waals surface area contributed by atoms with Crippen LogP contribution in [0.4, 0.5) is 4.53 Å². The lowest BCUT2D eigenvalue weighted by Gasteiger charge is -2.04. The number of rotatable bonds is 1. The molecule has 1 aromatic rings. The Morgan fingerprint density at radius 3 is 2.79 bits per heavy atom. The minimum Gasteiger partial charge on any atom is -0.249 e. The first kappa shape index (κ1) is 10.7. The normalized spacial score (nSPS) is 9.29. The highest BCUT2D eigenvalue weighted by atomic mass is 79.9. The van der Waals surface area contributed by atoms with Crippen LogP contribution in [-0.2, 0) is 4.94 Å². The SMILES string of the molecule is Cc1c(Br)ccc(C(=O)OF)c1C#N. The van der Waals surface area contributed by atoms with Crippen molar-refractivity contribution in [1.82, 2.24) is 0 Å². The quantitative estimate of drug-likeness (QED) is 0.778. The Kier molecular flexibility index (Phi) is 3.20. The summed E-state index contributed by atoms with van der Waals surface area (Å²) < 4.78 is 12.3. The van der Waals surface area contributed by atoms with Crippen LogP contribution in [0.3, 0.4) is 0 Å². The van der Waals surface area contributed by atoms with E-state index in [9.17, 15) is 9.32 Å². The minimum atomic E-state index is -1.16. The number of carbonyl (C=O) groups excluding carboxylic acids is 1. The second-order valence-electron chi connectivity index (χ2n) is 2.57. The van der Waals surface area contributed by atoms with Gasteiger partial charge in [-0.1, -0.05) is 15.9 Å². The Morgan fingerprint density at radius 2 is 2.29 bits per heavy atom. The van der Waals surface area contributed by atoms with Crippen LogP contribution < -0.4 is 0 Å². The summed E-state index contributed by atoms with van der Waals surface area (Å²) in [5.41, 5.74) is 0.619. The van der Waals surface area contributed by atoms with Gasteiger partial charge in [0, 0.05) is 9.00 Å². The summed E-state index contributed by atoms with van der Waals surface area (Å²) in [5, 5.41) is 8.77. The first-order chi connectivity index (χ1) is 6.61. The van der Waals surface area contributed by atoms with Crippen LogP contribution in [0, 0.1) is 18.3 Å². The molecule has 0 amide bonds. The summed E-state index contributed by atoms with van der Waals surface area (Å²) in [6.07, 6.45) is 0. The monoisotopic (exact) mass is 257 g/mol. The third kappa shape index (κ3) is 1.75. The van der Waals surface area contributed by atoms with Gasteiger partial charge < -0.3 is 0 Å². The topological polar surface area (TPSA) is 50.1 Å². The Labute approximate surface area is 88.1 Å². The molecule has 0 spiro atoms. The summed E-state index contributed by atoms with van der Waals surface area (Å²) in [6.45, 7) is 1.65. The maximum Gasteiger partial charge on any atom is 0.380 e. The molecule has 0 aliphatic carbocycles. The first-order valence-electron chi connectivity index (χ1n) is 3.64. The molecule has 0 saturated carbocycles. The van der Waals surface area contributed by atoms with Gasteiger partial charge in [-0.05, 0) is 24.6 Å². The van der Waals surface area contributed by atoms with Crippen LogP contribution in [0.15, 0.2) is 16.6 Å². The van der Waals surface area contributed by atoms with E-state index >= 15 is 0 Å². The zero-order valence-electron chi connectivity index (χ0n) is 7.17. The van der Waals surface area contributed by atoms with Crippen LogP contribution >= 0.6 is 15.9 Å². The van der Waals surface area contributed by atoms with Crippen molar-refractivity contribution in [1.29, 1.82) is 5.26 Å².